The van der Waals surface area contributed by atoms with Crippen LogP contribution < -0.4 is 5.32 Å². The molecule has 1 aliphatic carbocycles. The van der Waals surface area contributed by atoms with E-state index in [-0.39, 0.29) is 19.1 Å². The lowest BCUT2D eigenvalue weighted by molar-refractivity contribution is -0.151. The standard InChI is InChI=1S/C14H22N2O3/c1-4-9-16(3)13(19)15-10-14(12(17)18)7-5-11(2)6-8-14/h1,11H,5-10H2,2-3H3,(H,15,19)(H,17,18). The topological polar surface area (TPSA) is 69.6 Å². The minimum atomic E-state index is -0.820. The first-order valence-corrected chi connectivity index (χ1v) is 6.57. The summed E-state index contributed by atoms with van der Waals surface area (Å²) in [6, 6.07) is -0.322. The van der Waals surface area contributed by atoms with E-state index < -0.39 is 11.4 Å². The third-order valence-corrected chi connectivity index (χ3v) is 3.94. The lowest BCUT2D eigenvalue weighted by Gasteiger charge is -2.36. The molecule has 5 nitrogen and oxygen atoms in total. The normalized spacial score (nSPS) is 26.3. The van der Waals surface area contributed by atoms with Gasteiger partial charge < -0.3 is 15.3 Å². The van der Waals surface area contributed by atoms with Crippen molar-refractivity contribution in [1.82, 2.24) is 10.2 Å². The van der Waals surface area contributed by atoms with Gasteiger partial charge in [0.25, 0.3) is 0 Å². The Morgan fingerprint density at radius 1 is 1.47 bits per heavy atom. The molecule has 0 radical (unpaired) electrons. The van der Waals surface area contributed by atoms with Gasteiger partial charge in [0.15, 0.2) is 0 Å². The van der Waals surface area contributed by atoms with E-state index in [1.54, 1.807) is 7.05 Å². The van der Waals surface area contributed by atoms with Gasteiger partial charge in [0.1, 0.15) is 0 Å². The van der Waals surface area contributed by atoms with Crippen molar-refractivity contribution in [2.75, 3.05) is 20.1 Å². The van der Waals surface area contributed by atoms with Gasteiger partial charge in [0, 0.05) is 13.6 Å². The van der Waals surface area contributed by atoms with Crippen LogP contribution in [0.2, 0.25) is 0 Å². The average Bonchev–Trinajstić information content (AvgIpc) is 2.38. The first-order valence-electron chi connectivity index (χ1n) is 6.57. The number of terminal acetylenes is 1. The van der Waals surface area contributed by atoms with Gasteiger partial charge in [-0.25, -0.2) is 4.79 Å². The van der Waals surface area contributed by atoms with Gasteiger partial charge in [0.2, 0.25) is 0 Å². The molecule has 19 heavy (non-hydrogen) atoms. The summed E-state index contributed by atoms with van der Waals surface area (Å²) in [7, 11) is 1.59. The minimum Gasteiger partial charge on any atom is -0.481 e. The lowest BCUT2D eigenvalue weighted by atomic mass is 9.71. The van der Waals surface area contributed by atoms with Crippen molar-refractivity contribution in [3.63, 3.8) is 0 Å². The van der Waals surface area contributed by atoms with Crippen molar-refractivity contribution in [2.24, 2.45) is 11.3 Å². The van der Waals surface area contributed by atoms with Crippen molar-refractivity contribution in [3.8, 4) is 12.3 Å². The average molecular weight is 266 g/mol. The molecule has 0 heterocycles. The molecule has 1 aliphatic rings. The third-order valence-electron chi connectivity index (χ3n) is 3.94. The molecule has 2 amide bonds. The summed E-state index contributed by atoms with van der Waals surface area (Å²) in [6.07, 6.45) is 8.14. The Morgan fingerprint density at radius 3 is 2.53 bits per heavy atom. The number of carbonyl (C=O) groups excluding carboxylic acids is 1. The van der Waals surface area contributed by atoms with E-state index in [4.69, 9.17) is 6.42 Å². The van der Waals surface area contributed by atoms with Crippen LogP contribution in [0.3, 0.4) is 0 Å². The van der Waals surface area contributed by atoms with Crippen LogP contribution in [-0.4, -0.2) is 42.1 Å². The van der Waals surface area contributed by atoms with Gasteiger partial charge in [-0.2, -0.15) is 0 Å². The largest absolute Gasteiger partial charge is 0.481 e. The Morgan fingerprint density at radius 2 is 2.05 bits per heavy atom. The van der Waals surface area contributed by atoms with Crippen LogP contribution in [0.25, 0.3) is 0 Å². The SMILES string of the molecule is C#CCN(C)C(=O)NCC1(C(=O)O)CCC(C)CC1. The van der Waals surface area contributed by atoms with Crippen molar-refractivity contribution in [2.45, 2.75) is 32.6 Å². The van der Waals surface area contributed by atoms with Gasteiger partial charge >= 0.3 is 12.0 Å². The van der Waals surface area contributed by atoms with Crippen LogP contribution in [0, 0.1) is 23.7 Å². The van der Waals surface area contributed by atoms with Gasteiger partial charge in [-0.05, 0) is 31.6 Å². The number of hydrogen-bond donors (Lipinski definition) is 2. The number of rotatable bonds is 4. The fourth-order valence-corrected chi connectivity index (χ4v) is 2.37. The number of nitrogens with zero attached hydrogens (tertiary/aromatic N) is 1. The van der Waals surface area contributed by atoms with Gasteiger partial charge in [-0.3, -0.25) is 4.79 Å². The van der Waals surface area contributed by atoms with Crippen molar-refractivity contribution in [1.29, 1.82) is 0 Å². The Kier molecular flexibility index (Phi) is 5.22. The molecule has 0 unspecified atom stereocenters. The quantitative estimate of drug-likeness (QED) is 0.758. The summed E-state index contributed by atoms with van der Waals surface area (Å²) in [6.45, 7) is 2.51. The molecule has 5 heteroatoms. The monoisotopic (exact) mass is 266 g/mol. The molecule has 1 rings (SSSR count). The van der Waals surface area contributed by atoms with Crippen LogP contribution in [0.4, 0.5) is 4.79 Å². The Bertz CT molecular complexity index is 379. The fraction of sp³-hybridized carbons (Fsp3) is 0.714. The van der Waals surface area contributed by atoms with Crippen LogP contribution in [0.1, 0.15) is 32.6 Å². The molecule has 1 saturated carbocycles. The summed E-state index contributed by atoms with van der Waals surface area (Å²) >= 11 is 0. The first kappa shape index (κ1) is 15.4. The fourth-order valence-electron chi connectivity index (χ4n) is 2.37. The van der Waals surface area contributed by atoms with Crippen LogP contribution in [-0.2, 0) is 4.79 Å². The molecule has 0 bridgehead atoms. The molecule has 0 atom stereocenters. The maximum Gasteiger partial charge on any atom is 0.317 e. The first-order chi connectivity index (χ1) is 8.91. The molecule has 1 fully saturated rings. The third kappa shape index (κ3) is 3.88. The predicted molar refractivity (Wildman–Crippen MR) is 72.6 cm³/mol. The molecule has 0 aromatic carbocycles. The smallest absolute Gasteiger partial charge is 0.317 e. The number of nitrogens with one attached hydrogen (secondary N) is 1. The van der Waals surface area contributed by atoms with Crippen LogP contribution >= 0.6 is 0 Å². The number of carbonyl (C=O) groups is 2. The Balaban J connectivity index is 2.59. The zero-order valence-corrected chi connectivity index (χ0v) is 11.6. The number of urea groups is 1. The zero-order valence-electron chi connectivity index (χ0n) is 11.6. The number of carboxylic acid groups (broad SMARTS) is 1. The highest BCUT2D eigenvalue weighted by Crippen LogP contribution is 2.38. The van der Waals surface area contributed by atoms with E-state index >= 15 is 0 Å². The van der Waals surface area contributed by atoms with E-state index in [1.807, 2.05) is 0 Å². The molecular weight excluding hydrogens is 244 g/mol. The van der Waals surface area contributed by atoms with Crippen LogP contribution in [0.15, 0.2) is 0 Å². The molecule has 106 valence electrons. The second kappa shape index (κ2) is 6.46. The molecule has 2 N–H and O–H groups in total. The number of carboxylic acids is 1. The highest BCUT2D eigenvalue weighted by Gasteiger charge is 2.41. The second-order valence-electron chi connectivity index (χ2n) is 5.49. The molecule has 0 aliphatic heterocycles. The number of hydrogen-bond acceptors (Lipinski definition) is 2. The maximum atomic E-state index is 11.7. The summed E-state index contributed by atoms with van der Waals surface area (Å²) in [4.78, 5) is 24.6. The Hall–Kier alpha value is -1.70. The van der Waals surface area contributed by atoms with Crippen molar-refractivity contribution < 1.29 is 14.7 Å². The van der Waals surface area contributed by atoms with E-state index in [0.29, 0.717) is 18.8 Å². The summed E-state index contributed by atoms with van der Waals surface area (Å²) < 4.78 is 0. The minimum absolute atomic E-state index is 0.169. The van der Waals surface area contributed by atoms with Crippen LogP contribution in [0.5, 0.6) is 0 Å². The molecule has 0 aromatic heterocycles. The maximum absolute atomic E-state index is 11.7. The molecule has 0 saturated heterocycles. The summed E-state index contributed by atoms with van der Waals surface area (Å²) in [5.74, 6) is 2.12. The van der Waals surface area contributed by atoms with Gasteiger partial charge in [0.05, 0.1) is 12.0 Å². The number of amides is 2. The van der Waals surface area contributed by atoms with E-state index in [9.17, 15) is 14.7 Å². The molecular formula is C14H22N2O3. The van der Waals surface area contributed by atoms with Gasteiger partial charge in [-0.15, -0.1) is 6.42 Å². The van der Waals surface area contributed by atoms with Crippen molar-refractivity contribution >= 4 is 12.0 Å². The van der Waals surface area contributed by atoms with E-state index in [2.05, 4.69) is 18.2 Å². The number of aliphatic carboxylic acids is 1. The summed E-state index contributed by atoms with van der Waals surface area (Å²) in [5, 5.41) is 12.1. The highest BCUT2D eigenvalue weighted by atomic mass is 16.4. The van der Waals surface area contributed by atoms with Gasteiger partial charge in [-0.1, -0.05) is 12.8 Å². The molecule has 0 spiro atoms. The van der Waals surface area contributed by atoms with E-state index in [1.165, 1.54) is 4.90 Å². The highest BCUT2D eigenvalue weighted by molar-refractivity contribution is 5.78. The predicted octanol–water partition coefficient (Wildman–Crippen LogP) is 1.54. The van der Waals surface area contributed by atoms with E-state index in [0.717, 1.165) is 12.8 Å². The van der Waals surface area contributed by atoms with Crippen molar-refractivity contribution in [3.05, 3.63) is 0 Å². The summed E-state index contributed by atoms with van der Waals surface area (Å²) in [5.41, 5.74) is -0.820. The Labute approximate surface area is 114 Å². The second-order valence-corrected chi connectivity index (χ2v) is 5.49. The zero-order chi connectivity index (χ0) is 14.5. The lowest BCUT2D eigenvalue weighted by Crippen LogP contribution is -2.48. The molecule has 0 aromatic rings.